The summed E-state index contributed by atoms with van der Waals surface area (Å²) in [7, 11) is 0. The van der Waals surface area contributed by atoms with Gasteiger partial charge in [-0.15, -0.1) is 0 Å². The summed E-state index contributed by atoms with van der Waals surface area (Å²) in [5, 5.41) is 6.16. The van der Waals surface area contributed by atoms with Gasteiger partial charge in [-0.2, -0.15) is 13.2 Å². The molecule has 1 aromatic heterocycles. The van der Waals surface area contributed by atoms with Crippen molar-refractivity contribution < 1.29 is 13.2 Å². The summed E-state index contributed by atoms with van der Waals surface area (Å²) in [6.45, 7) is 1.73. The summed E-state index contributed by atoms with van der Waals surface area (Å²) in [4.78, 5) is 3.87. The van der Waals surface area contributed by atoms with E-state index in [2.05, 4.69) is 31.5 Å². The minimum Gasteiger partial charge on any atom is -0.367 e. The van der Waals surface area contributed by atoms with Crippen molar-refractivity contribution >= 4 is 21.7 Å². The molecule has 3 nitrogen and oxygen atoms in total. The van der Waals surface area contributed by atoms with E-state index in [0.717, 1.165) is 38.4 Å². The van der Waals surface area contributed by atoms with Gasteiger partial charge in [-0.05, 0) is 54.3 Å². The van der Waals surface area contributed by atoms with E-state index in [4.69, 9.17) is 0 Å². The maximum absolute atomic E-state index is 12.9. The Balaban J connectivity index is 2.19. The average Bonchev–Trinajstić information content (AvgIpc) is 2.59. The molecular formula is C12H15BrF3N3. The van der Waals surface area contributed by atoms with E-state index in [1.54, 1.807) is 0 Å². The van der Waals surface area contributed by atoms with E-state index in [9.17, 15) is 13.2 Å². The summed E-state index contributed by atoms with van der Waals surface area (Å²) in [5.74, 6) is -0.0809. The third-order valence-electron chi connectivity index (χ3n) is 3.08. The number of halogens is 4. The lowest BCUT2D eigenvalue weighted by atomic mass is 10.1. The van der Waals surface area contributed by atoms with Gasteiger partial charge >= 0.3 is 6.18 Å². The predicted octanol–water partition coefficient (Wildman–Crippen LogP) is 3.42. The van der Waals surface area contributed by atoms with Crippen LogP contribution in [0.3, 0.4) is 0 Å². The van der Waals surface area contributed by atoms with Crippen molar-refractivity contribution in [1.82, 2.24) is 10.3 Å². The summed E-state index contributed by atoms with van der Waals surface area (Å²) in [5.41, 5.74) is -0.723. The summed E-state index contributed by atoms with van der Waals surface area (Å²) in [6.07, 6.45) is -0.415. The molecule has 0 aromatic carbocycles. The van der Waals surface area contributed by atoms with Gasteiger partial charge in [0, 0.05) is 16.7 Å². The van der Waals surface area contributed by atoms with E-state index < -0.39 is 11.7 Å². The molecule has 2 heterocycles. The van der Waals surface area contributed by atoms with Gasteiger partial charge in [0.05, 0.1) is 5.56 Å². The smallest absolute Gasteiger partial charge is 0.367 e. The average molecular weight is 338 g/mol. The zero-order valence-corrected chi connectivity index (χ0v) is 11.8. The molecule has 1 aromatic rings. The predicted molar refractivity (Wildman–Crippen MR) is 71.1 cm³/mol. The van der Waals surface area contributed by atoms with Crippen LogP contribution in [0.15, 0.2) is 16.7 Å². The van der Waals surface area contributed by atoms with Crippen LogP contribution < -0.4 is 10.6 Å². The van der Waals surface area contributed by atoms with Crippen LogP contribution in [0.2, 0.25) is 0 Å². The number of hydrogen-bond donors (Lipinski definition) is 2. The highest BCUT2D eigenvalue weighted by Gasteiger charge is 2.35. The Morgan fingerprint density at radius 3 is 2.84 bits per heavy atom. The van der Waals surface area contributed by atoms with Crippen molar-refractivity contribution in [3.05, 3.63) is 22.3 Å². The lowest BCUT2D eigenvalue weighted by molar-refractivity contribution is -0.137. The van der Waals surface area contributed by atoms with Crippen LogP contribution in [0.4, 0.5) is 19.0 Å². The zero-order valence-electron chi connectivity index (χ0n) is 10.2. The highest BCUT2D eigenvalue weighted by Crippen LogP contribution is 2.35. The Bertz CT molecular complexity index is 429. The van der Waals surface area contributed by atoms with Crippen molar-refractivity contribution in [3.63, 3.8) is 0 Å². The molecule has 0 aliphatic carbocycles. The van der Waals surface area contributed by atoms with Crippen LogP contribution in [0, 0.1) is 0 Å². The number of nitrogens with zero attached hydrogens (tertiary/aromatic N) is 1. The van der Waals surface area contributed by atoms with Crippen LogP contribution in [0.1, 0.15) is 24.8 Å². The van der Waals surface area contributed by atoms with Crippen molar-refractivity contribution in [2.45, 2.75) is 31.5 Å². The monoisotopic (exact) mass is 337 g/mol. The number of nitrogens with one attached hydrogen (secondary N) is 2. The first kappa shape index (κ1) is 14.6. The van der Waals surface area contributed by atoms with Crippen LogP contribution in [0.25, 0.3) is 0 Å². The van der Waals surface area contributed by atoms with Gasteiger partial charge in [0.1, 0.15) is 5.82 Å². The first-order valence-electron chi connectivity index (χ1n) is 6.17. The fourth-order valence-electron chi connectivity index (χ4n) is 2.13. The molecule has 7 heteroatoms. The maximum Gasteiger partial charge on any atom is 0.419 e. The first-order valence-corrected chi connectivity index (χ1v) is 6.96. The SMILES string of the molecule is FC(F)(F)c1cc(Br)cnc1NC1CCCNCC1. The van der Waals surface area contributed by atoms with E-state index >= 15 is 0 Å². The minimum absolute atomic E-state index is 0.0322. The molecule has 1 saturated heterocycles. The van der Waals surface area contributed by atoms with Gasteiger partial charge in [-0.3, -0.25) is 0 Å². The van der Waals surface area contributed by atoms with E-state index in [1.807, 2.05) is 0 Å². The van der Waals surface area contributed by atoms with Gasteiger partial charge in [0.2, 0.25) is 0 Å². The zero-order chi connectivity index (χ0) is 13.9. The molecule has 0 bridgehead atoms. The fourth-order valence-corrected chi connectivity index (χ4v) is 2.46. The molecule has 2 rings (SSSR count). The van der Waals surface area contributed by atoms with E-state index in [0.29, 0.717) is 4.47 Å². The van der Waals surface area contributed by atoms with Crippen LogP contribution in [-0.2, 0) is 6.18 Å². The topological polar surface area (TPSA) is 37.0 Å². The molecule has 1 fully saturated rings. The number of aromatic nitrogens is 1. The van der Waals surface area contributed by atoms with Crippen LogP contribution >= 0.6 is 15.9 Å². The lowest BCUT2D eigenvalue weighted by Gasteiger charge is -2.20. The van der Waals surface area contributed by atoms with Gasteiger partial charge < -0.3 is 10.6 Å². The third kappa shape index (κ3) is 4.07. The van der Waals surface area contributed by atoms with Crippen molar-refractivity contribution in [3.8, 4) is 0 Å². The summed E-state index contributed by atoms with van der Waals surface area (Å²) >= 11 is 3.03. The number of pyridine rings is 1. The summed E-state index contributed by atoms with van der Waals surface area (Å²) in [6, 6.07) is 1.09. The molecule has 1 aliphatic heterocycles. The van der Waals surface area contributed by atoms with Gasteiger partial charge in [-0.25, -0.2) is 4.98 Å². The maximum atomic E-state index is 12.9. The Hall–Kier alpha value is -0.820. The molecule has 0 saturated carbocycles. The van der Waals surface area contributed by atoms with Gasteiger partial charge in [-0.1, -0.05) is 0 Å². The quantitative estimate of drug-likeness (QED) is 0.868. The van der Waals surface area contributed by atoms with Crippen molar-refractivity contribution in [1.29, 1.82) is 0 Å². The Morgan fingerprint density at radius 1 is 1.32 bits per heavy atom. The summed E-state index contributed by atoms with van der Waals surface area (Å²) < 4.78 is 39.2. The number of anilines is 1. The Morgan fingerprint density at radius 2 is 2.11 bits per heavy atom. The van der Waals surface area contributed by atoms with Crippen molar-refractivity contribution in [2.24, 2.45) is 0 Å². The molecule has 106 valence electrons. The molecule has 2 N–H and O–H groups in total. The molecule has 0 radical (unpaired) electrons. The van der Waals surface area contributed by atoms with Crippen molar-refractivity contribution in [2.75, 3.05) is 18.4 Å². The molecule has 1 atom stereocenters. The molecular weight excluding hydrogens is 323 g/mol. The number of hydrogen-bond acceptors (Lipinski definition) is 3. The third-order valence-corrected chi connectivity index (χ3v) is 3.51. The second-order valence-corrected chi connectivity index (χ2v) is 5.49. The highest BCUT2D eigenvalue weighted by molar-refractivity contribution is 9.10. The van der Waals surface area contributed by atoms with E-state index in [1.165, 1.54) is 6.20 Å². The van der Waals surface area contributed by atoms with Crippen LogP contribution in [-0.4, -0.2) is 24.1 Å². The largest absolute Gasteiger partial charge is 0.419 e. The van der Waals surface area contributed by atoms with E-state index in [-0.39, 0.29) is 11.9 Å². The molecule has 0 spiro atoms. The first-order chi connectivity index (χ1) is 8.97. The minimum atomic E-state index is -4.40. The van der Waals surface area contributed by atoms with Gasteiger partial charge in [0.15, 0.2) is 0 Å². The number of alkyl halides is 3. The standard InChI is InChI=1S/C12H15BrF3N3/c13-8-6-10(12(14,15)16)11(18-7-8)19-9-2-1-4-17-5-3-9/h6-7,9,17H,1-5H2,(H,18,19). The van der Waals surface area contributed by atoms with Gasteiger partial charge in [0.25, 0.3) is 0 Å². The normalized spacial score (nSPS) is 20.9. The number of rotatable bonds is 2. The van der Waals surface area contributed by atoms with Crippen LogP contribution in [0.5, 0.6) is 0 Å². The fraction of sp³-hybridized carbons (Fsp3) is 0.583. The molecule has 0 amide bonds. The second kappa shape index (κ2) is 6.09. The molecule has 1 unspecified atom stereocenters. The second-order valence-electron chi connectivity index (χ2n) is 4.57. The molecule has 1 aliphatic rings. The highest BCUT2D eigenvalue weighted by atomic mass is 79.9. The Labute approximate surface area is 118 Å². The lowest BCUT2D eigenvalue weighted by Crippen LogP contribution is -2.24. The Kier molecular flexibility index (Phi) is 4.67. The molecule has 19 heavy (non-hydrogen) atoms.